The van der Waals surface area contributed by atoms with Gasteiger partial charge in [-0.15, -0.1) is 0 Å². The fourth-order valence-corrected chi connectivity index (χ4v) is 2.87. The monoisotopic (exact) mass is 263 g/mol. The second kappa shape index (κ2) is 5.02. The highest BCUT2D eigenvalue weighted by Crippen LogP contribution is 2.34. The molecule has 1 aromatic rings. The van der Waals surface area contributed by atoms with Crippen LogP contribution >= 0.6 is 0 Å². The molecule has 0 spiro atoms. The number of fused-ring (bicyclic) bond motifs is 1. The predicted molar refractivity (Wildman–Crippen MR) is 72.3 cm³/mol. The second-order valence-electron chi connectivity index (χ2n) is 5.80. The molecular formula is C15H21NO3. The lowest BCUT2D eigenvalue weighted by atomic mass is 10.0. The zero-order valence-electron chi connectivity index (χ0n) is 11.5. The summed E-state index contributed by atoms with van der Waals surface area (Å²) in [5.41, 5.74) is 0.899. The number of likely N-dealkylation sites (tertiary alicyclic amines) is 1. The number of hydrogen-bond donors (Lipinski definition) is 1. The molecule has 2 heterocycles. The maximum Gasteiger partial charge on any atom is 0.231 e. The quantitative estimate of drug-likeness (QED) is 0.906. The van der Waals surface area contributed by atoms with Crippen LogP contribution in [0, 0.1) is 11.8 Å². The van der Waals surface area contributed by atoms with Gasteiger partial charge in [0.15, 0.2) is 11.5 Å². The fraction of sp³-hybridized carbons (Fsp3) is 0.600. The molecule has 104 valence electrons. The molecule has 2 aliphatic rings. The molecule has 1 N–H and O–H groups in total. The smallest absolute Gasteiger partial charge is 0.231 e. The summed E-state index contributed by atoms with van der Waals surface area (Å²) in [7, 11) is 0. The van der Waals surface area contributed by atoms with Crippen LogP contribution in [0.25, 0.3) is 0 Å². The van der Waals surface area contributed by atoms with Crippen molar-refractivity contribution in [2.24, 2.45) is 11.8 Å². The first-order valence-corrected chi connectivity index (χ1v) is 6.93. The Bertz CT molecular complexity index is 453. The average Bonchev–Trinajstić information content (AvgIpc) is 2.96. The van der Waals surface area contributed by atoms with Crippen molar-refractivity contribution in [3.05, 3.63) is 23.8 Å². The molecule has 0 bridgehead atoms. The molecule has 3 unspecified atom stereocenters. The SMILES string of the molecule is CC1CN(CC(O)c2ccc3c(c2)OCO3)CC1C. The van der Waals surface area contributed by atoms with Crippen molar-refractivity contribution in [2.45, 2.75) is 20.0 Å². The van der Waals surface area contributed by atoms with E-state index in [1.165, 1.54) is 0 Å². The summed E-state index contributed by atoms with van der Waals surface area (Å²) < 4.78 is 10.6. The highest BCUT2D eigenvalue weighted by atomic mass is 16.7. The maximum atomic E-state index is 10.3. The third-order valence-corrected chi connectivity index (χ3v) is 4.28. The molecule has 0 radical (unpaired) electrons. The molecular weight excluding hydrogens is 242 g/mol. The van der Waals surface area contributed by atoms with Crippen LogP contribution in [0.1, 0.15) is 25.5 Å². The summed E-state index contributed by atoms with van der Waals surface area (Å²) in [5.74, 6) is 2.92. The summed E-state index contributed by atoms with van der Waals surface area (Å²) in [6, 6.07) is 5.67. The number of ether oxygens (including phenoxy) is 2. The van der Waals surface area contributed by atoms with E-state index in [1.54, 1.807) is 0 Å². The summed E-state index contributed by atoms with van der Waals surface area (Å²) >= 11 is 0. The third-order valence-electron chi connectivity index (χ3n) is 4.28. The molecule has 4 heteroatoms. The van der Waals surface area contributed by atoms with Gasteiger partial charge in [-0.2, -0.15) is 0 Å². The van der Waals surface area contributed by atoms with Crippen LogP contribution in [0.15, 0.2) is 18.2 Å². The number of β-amino-alcohol motifs (C(OH)–C–C–N with tert-alkyl or cyclic N) is 1. The molecule has 2 aliphatic heterocycles. The first kappa shape index (κ1) is 12.8. The minimum absolute atomic E-state index is 0.274. The van der Waals surface area contributed by atoms with E-state index in [2.05, 4.69) is 18.7 Å². The van der Waals surface area contributed by atoms with E-state index in [9.17, 15) is 5.11 Å². The Morgan fingerprint density at radius 1 is 1.21 bits per heavy atom. The van der Waals surface area contributed by atoms with Crippen LogP contribution in [0.5, 0.6) is 11.5 Å². The highest BCUT2D eigenvalue weighted by Gasteiger charge is 2.28. The number of hydrogen-bond acceptors (Lipinski definition) is 4. The van der Waals surface area contributed by atoms with Crippen LogP contribution in [-0.4, -0.2) is 36.4 Å². The van der Waals surface area contributed by atoms with Crippen molar-refractivity contribution in [3.63, 3.8) is 0 Å². The Kier molecular flexibility index (Phi) is 3.37. The largest absolute Gasteiger partial charge is 0.454 e. The van der Waals surface area contributed by atoms with Crippen molar-refractivity contribution < 1.29 is 14.6 Å². The molecule has 1 saturated heterocycles. The van der Waals surface area contributed by atoms with Gasteiger partial charge in [0.05, 0.1) is 6.10 Å². The minimum Gasteiger partial charge on any atom is -0.454 e. The van der Waals surface area contributed by atoms with Gasteiger partial charge in [-0.05, 0) is 29.5 Å². The molecule has 1 aromatic carbocycles. The Balaban J connectivity index is 1.66. The molecule has 0 aromatic heterocycles. The first-order chi connectivity index (χ1) is 9.13. The van der Waals surface area contributed by atoms with Gasteiger partial charge in [-0.1, -0.05) is 19.9 Å². The van der Waals surface area contributed by atoms with Gasteiger partial charge in [0.1, 0.15) is 0 Å². The Hall–Kier alpha value is -1.26. The van der Waals surface area contributed by atoms with Crippen LogP contribution in [-0.2, 0) is 0 Å². The molecule has 19 heavy (non-hydrogen) atoms. The second-order valence-corrected chi connectivity index (χ2v) is 5.80. The Morgan fingerprint density at radius 3 is 2.63 bits per heavy atom. The zero-order chi connectivity index (χ0) is 13.4. The molecule has 0 aliphatic carbocycles. The standard InChI is InChI=1S/C15H21NO3/c1-10-6-16(7-11(10)2)8-13(17)12-3-4-14-15(5-12)19-9-18-14/h3-5,10-11,13,17H,6-9H2,1-2H3. The molecule has 1 fully saturated rings. The molecule has 0 saturated carbocycles. The molecule has 0 amide bonds. The van der Waals surface area contributed by atoms with Gasteiger partial charge in [0.25, 0.3) is 0 Å². The lowest BCUT2D eigenvalue weighted by molar-refractivity contribution is 0.123. The van der Waals surface area contributed by atoms with Gasteiger partial charge in [0, 0.05) is 19.6 Å². The number of aliphatic hydroxyl groups excluding tert-OH is 1. The zero-order valence-corrected chi connectivity index (χ0v) is 11.5. The Labute approximate surface area is 113 Å². The molecule has 3 atom stereocenters. The number of rotatable bonds is 3. The summed E-state index contributed by atoms with van der Waals surface area (Å²) in [6.07, 6.45) is -0.466. The van der Waals surface area contributed by atoms with Crippen molar-refractivity contribution in [1.82, 2.24) is 4.90 Å². The number of nitrogens with zero attached hydrogens (tertiary/aromatic N) is 1. The van der Waals surface area contributed by atoms with Crippen LogP contribution in [0.3, 0.4) is 0 Å². The lowest BCUT2D eigenvalue weighted by Gasteiger charge is -2.20. The van der Waals surface area contributed by atoms with Crippen LogP contribution < -0.4 is 9.47 Å². The van der Waals surface area contributed by atoms with Gasteiger partial charge < -0.3 is 14.6 Å². The van der Waals surface area contributed by atoms with E-state index in [-0.39, 0.29) is 6.79 Å². The fourth-order valence-electron chi connectivity index (χ4n) is 2.87. The van der Waals surface area contributed by atoms with E-state index in [1.807, 2.05) is 18.2 Å². The minimum atomic E-state index is -0.466. The van der Waals surface area contributed by atoms with Crippen LogP contribution in [0.4, 0.5) is 0 Å². The normalized spacial score (nSPS) is 27.7. The number of benzene rings is 1. The van der Waals surface area contributed by atoms with Gasteiger partial charge in [0.2, 0.25) is 6.79 Å². The van der Waals surface area contributed by atoms with Crippen LogP contribution in [0.2, 0.25) is 0 Å². The van der Waals surface area contributed by atoms with Crippen molar-refractivity contribution in [3.8, 4) is 11.5 Å². The summed E-state index contributed by atoms with van der Waals surface area (Å²) in [4.78, 5) is 2.34. The topological polar surface area (TPSA) is 41.9 Å². The van der Waals surface area contributed by atoms with Crippen molar-refractivity contribution >= 4 is 0 Å². The van der Waals surface area contributed by atoms with E-state index in [4.69, 9.17) is 9.47 Å². The molecule has 3 rings (SSSR count). The maximum absolute atomic E-state index is 10.3. The first-order valence-electron chi connectivity index (χ1n) is 6.93. The van der Waals surface area contributed by atoms with Gasteiger partial charge >= 0.3 is 0 Å². The van der Waals surface area contributed by atoms with Crippen molar-refractivity contribution in [1.29, 1.82) is 0 Å². The highest BCUT2D eigenvalue weighted by molar-refractivity contribution is 5.45. The molecule has 4 nitrogen and oxygen atoms in total. The van der Waals surface area contributed by atoms with E-state index >= 15 is 0 Å². The van der Waals surface area contributed by atoms with E-state index < -0.39 is 6.10 Å². The van der Waals surface area contributed by atoms with E-state index in [0.717, 1.165) is 30.2 Å². The van der Waals surface area contributed by atoms with Gasteiger partial charge in [-0.3, -0.25) is 4.90 Å². The average molecular weight is 263 g/mol. The predicted octanol–water partition coefficient (Wildman–Crippen LogP) is 2.04. The van der Waals surface area contributed by atoms with Gasteiger partial charge in [-0.25, -0.2) is 0 Å². The lowest BCUT2D eigenvalue weighted by Crippen LogP contribution is -2.26. The number of aliphatic hydroxyl groups is 1. The summed E-state index contributed by atoms with van der Waals surface area (Å²) in [5, 5.41) is 10.3. The Morgan fingerprint density at radius 2 is 1.89 bits per heavy atom. The van der Waals surface area contributed by atoms with Crippen molar-refractivity contribution in [2.75, 3.05) is 26.4 Å². The third kappa shape index (κ3) is 2.55. The summed E-state index contributed by atoms with van der Waals surface area (Å²) in [6.45, 7) is 7.66. The van der Waals surface area contributed by atoms with E-state index in [0.29, 0.717) is 18.4 Å².